The van der Waals surface area contributed by atoms with Crippen LogP contribution in [0, 0.1) is 0 Å². The maximum atomic E-state index is 11.7. The summed E-state index contributed by atoms with van der Waals surface area (Å²) in [6.45, 7) is 2.06. The standard InChI is InChI=1S/C11H15BrN4O.2ClH/c12-8-1-2-10(14-5-8)15-11(17)7-16-4-3-9(13)6-16;;/h1-2,5,9H,3-4,6-7,13H2,(H,14,15,17);2*1H/t9-;;/m1../s1. The second kappa shape index (κ2) is 8.71. The van der Waals surface area contributed by atoms with Crippen LogP contribution in [0.3, 0.4) is 0 Å². The van der Waals surface area contributed by atoms with Crippen molar-refractivity contribution >= 4 is 52.5 Å². The molecule has 0 spiro atoms. The molecule has 1 aliphatic heterocycles. The van der Waals surface area contributed by atoms with Crippen molar-refractivity contribution in [2.24, 2.45) is 5.73 Å². The minimum absolute atomic E-state index is 0. The molecule has 1 aromatic heterocycles. The van der Waals surface area contributed by atoms with Gasteiger partial charge in [-0.05, 0) is 34.5 Å². The largest absolute Gasteiger partial charge is 0.326 e. The summed E-state index contributed by atoms with van der Waals surface area (Å²) in [5, 5.41) is 2.76. The van der Waals surface area contributed by atoms with Gasteiger partial charge in [0.05, 0.1) is 6.54 Å². The highest BCUT2D eigenvalue weighted by Crippen LogP contribution is 2.11. The molecule has 1 aliphatic rings. The van der Waals surface area contributed by atoms with Crippen LogP contribution in [0.1, 0.15) is 6.42 Å². The Morgan fingerprint density at radius 2 is 2.26 bits per heavy atom. The summed E-state index contributed by atoms with van der Waals surface area (Å²) in [6.07, 6.45) is 2.62. The van der Waals surface area contributed by atoms with Crippen molar-refractivity contribution < 1.29 is 4.79 Å². The lowest BCUT2D eigenvalue weighted by Crippen LogP contribution is -2.33. The summed E-state index contributed by atoms with van der Waals surface area (Å²) in [5.74, 6) is 0.524. The van der Waals surface area contributed by atoms with Crippen LogP contribution >= 0.6 is 40.7 Å². The predicted octanol–water partition coefficient (Wildman–Crippen LogP) is 1.66. The first-order valence-electron chi connectivity index (χ1n) is 5.53. The number of carbonyl (C=O) groups excluding carboxylic acids is 1. The van der Waals surface area contributed by atoms with Crippen molar-refractivity contribution in [1.29, 1.82) is 0 Å². The molecule has 1 saturated heterocycles. The summed E-state index contributed by atoms with van der Waals surface area (Å²) < 4.78 is 0.890. The minimum atomic E-state index is -0.0473. The first kappa shape index (κ1) is 18.6. The van der Waals surface area contributed by atoms with Gasteiger partial charge in [-0.25, -0.2) is 4.98 Å². The molecule has 0 aliphatic carbocycles. The number of carbonyl (C=O) groups is 1. The van der Waals surface area contributed by atoms with E-state index in [0.29, 0.717) is 12.4 Å². The monoisotopic (exact) mass is 370 g/mol. The number of anilines is 1. The van der Waals surface area contributed by atoms with Crippen LogP contribution in [0.5, 0.6) is 0 Å². The van der Waals surface area contributed by atoms with E-state index in [-0.39, 0.29) is 36.8 Å². The summed E-state index contributed by atoms with van der Waals surface area (Å²) >= 11 is 3.29. The molecule has 1 aromatic rings. The van der Waals surface area contributed by atoms with E-state index in [1.807, 2.05) is 6.07 Å². The van der Waals surface area contributed by atoms with Crippen LogP contribution in [0.25, 0.3) is 0 Å². The van der Waals surface area contributed by atoms with E-state index in [4.69, 9.17) is 5.73 Å². The Balaban J connectivity index is 0.00000162. The third-order valence-corrected chi connectivity index (χ3v) is 3.14. The highest BCUT2D eigenvalue weighted by molar-refractivity contribution is 9.10. The second-order valence-electron chi connectivity index (χ2n) is 4.19. The molecule has 0 unspecified atom stereocenters. The smallest absolute Gasteiger partial charge is 0.239 e. The van der Waals surface area contributed by atoms with Crippen LogP contribution < -0.4 is 11.1 Å². The van der Waals surface area contributed by atoms with Crippen LogP contribution in [0.15, 0.2) is 22.8 Å². The molecule has 2 rings (SSSR count). The van der Waals surface area contributed by atoms with Gasteiger partial charge in [0.1, 0.15) is 5.82 Å². The molecule has 108 valence electrons. The SMILES string of the molecule is Cl.Cl.N[C@@H]1CCN(CC(=O)Nc2ccc(Br)cn2)C1. The van der Waals surface area contributed by atoms with E-state index >= 15 is 0 Å². The highest BCUT2D eigenvalue weighted by Gasteiger charge is 2.20. The molecule has 2 heterocycles. The predicted molar refractivity (Wildman–Crippen MR) is 84.1 cm³/mol. The average molecular weight is 372 g/mol. The van der Waals surface area contributed by atoms with Gasteiger partial charge in [-0.1, -0.05) is 0 Å². The molecule has 1 amide bonds. The van der Waals surface area contributed by atoms with E-state index < -0.39 is 0 Å². The van der Waals surface area contributed by atoms with E-state index in [1.165, 1.54) is 0 Å². The van der Waals surface area contributed by atoms with Gasteiger partial charge < -0.3 is 11.1 Å². The Morgan fingerprint density at radius 1 is 1.53 bits per heavy atom. The first-order chi connectivity index (χ1) is 8.13. The molecular weight excluding hydrogens is 355 g/mol. The molecule has 1 atom stereocenters. The number of nitrogens with zero attached hydrogens (tertiary/aromatic N) is 2. The van der Waals surface area contributed by atoms with E-state index in [2.05, 4.69) is 31.1 Å². The maximum Gasteiger partial charge on any atom is 0.239 e. The number of hydrogen-bond acceptors (Lipinski definition) is 4. The normalized spacial score (nSPS) is 18.3. The van der Waals surface area contributed by atoms with Crippen molar-refractivity contribution in [3.63, 3.8) is 0 Å². The fraction of sp³-hybridized carbons (Fsp3) is 0.455. The lowest BCUT2D eigenvalue weighted by atomic mass is 10.3. The molecule has 3 N–H and O–H groups in total. The van der Waals surface area contributed by atoms with E-state index in [1.54, 1.807) is 12.3 Å². The van der Waals surface area contributed by atoms with Gasteiger partial charge >= 0.3 is 0 Å². The van der Waals surface area contributed by atoms with Gasteiger partial charge in [0, 0.05) is 29.8 Å². The quantitative estimate of drug-likeness (QED) is 0.847. The lowest BCUT2D eigenvalue weighted by molar-refractivity contribution is -0.117. The van der Waals surface area contributed by atoms with Crippen molar-refractivity contribution in [1.82, 2.24) is 9.88 Å². The van der Waals surface area contributed by atoms with Gasteiger partial charge in [-0.15, -0.1) is 24.8 Å². The lowest BCUT2D eigenvalue weighted by Gasteiger charge is -2.14. The molecule has 8 heteroatoms. The molecule has 0 aromatic carbocycles. The number of pyridine rings is 1. The average Bonchev–Trinajstić information content (AvgIpc) is 2.67. The molecular formula is C11H17BrCl2N4O. The molecule has 0 bridgehead atoms. The zero-order chi connectivity index (χ0) is 12.3. The first-order valence-corrected chi connectivity index (χ1v) is 6.32. The topological polar surface area (TPSA) is 71.2 Å². The molecule has 1 fully saturated rings. The summed E-state index contributed by atoms with van der Waals surface area (Å²) in [6, 6.07) is 3.81. The van der Waals surface area contributed by atoms with Crippen molar-refractivity contribution in [3.8, 4) is 0 Å². The zero-order valence-corrected chi connectivity index (χ0v) is 13.4. The Kier molecular flexibility index (Phi) is 8.52. The Morgan fingerprint density at radius 3 is 2.79 bits per heavy atom. The second-order valence-corrected chi connectivity index (χ2v) is 5.11. The fourth-order valence-electron chi connectivity index (χ4n) is 1.84. The minimum Gasteiger partial charge on any atom is -0.326 e. The van der Waals surface area contributed by atoms with E-state index in [0.717, 1.165) is 24.0 Å². The number of halogens is 3. The Hall–Kier alpha value is -0.400. The maximum absolute atomic E-state index is 11.7. The van der Waals surface area contributed by atoms with Gasteiger partial charge in [0.25, 0.3) is 0 Å². The number of rotatable bonds is 3. The van der Waals surface area contributed by atoms with Crippen molar-refractivity contribution in [3.05, 3.63) is 22.8 Å². The summed E-state index contributed by atoms with van der Waals surface area (Å²) in [7, 11) is 0. The number of nitrogens with two attached hydrogens (primary N) is 1. The number of likely N-dealkylation sites (tertiary alicyclic amines) is 1. The van der Waals surface area contributed by atoms with Gasteiger partial charge in [0.2, 0.25) is 5.91 Å². The van der Waals surface area contributed by atoms with Crippen LogP contribution in [0.2, 0.25) is 0 Å². The van der Waals surface area contributed by atoms with Gasteiger partial charge in [-0.2, -0.15) is 0 Å². The van der Waals surface area contributed by atoms with Crippen molar-refractivity contribution in [2.75, 3.05) is 25.0 Å². The number of hydrogen-bond donors (Lipinski definition) is 2. The van der Waals surface area contributed by atoms with Gasteiger partial charge in [-0.3, -0.25) is 9.69 Å². The highest BCUT2D eigenvalue weighted by atomic mass is 79.9. The molecule has 5 nitrogen and oxygen atoms in total. The third kappa shape index (κ3) is 6.05. The molecule has 19 heavy (non-hydrogen) atoms. The fourth-order valence-corrected chi connectivity index (χ4v) is 2.08. The molecule has 0 saturated carbocycles. The third-order valence-electron chi connectivity index (χ3n) is 2.67. The number of aromatic nitrogens is 1. The summed E-state index contributed by atoms with van der Waals surface area (Å²) in [4.78, 5) is 17.9. The zero-order valence-electron chi connectivity index (χ0n) is 10.2. The molecule has 0 radical (unpaired) electrons. The van der Waals surface area contributed by atoms with Crippen LogP contribution in [-0.4, -0.2) is 41.5 Å². The van der Waals surface area contributed by atoms with Crippen molar-refractivity contribution in [2.45, 2.75) is 12.5 Å². The van der Waals surface area contributed by atoms with E-state index in [9.17, 15) is 4.79 Å². The van der Waals surface area contributed by atoms with Crippen LogP contribution in [0.4, 0.5) is 5.82 Å². The van der Waals surface area contributed by atoms with Gasteiger partial charge in [0.15, 0.2) is 0 Å². The van der Waals surface area contributed by atoms with Crippen LogP contribution in [-0.2, 0) is 4.79 Å². The Labute approximate surface area is 133 Å². The number of nitrogens with one attached hydrogen (secondary N) is 1. The number of amides is 1. The summed E-state index contributed by atoms with van der Waals surface area (Å²) in [5.41, 5.74) is 5.78. The Bertz CT molecular complexity index is 404.